The Hall–Kier alpha value is -3.93. The Morgan fingerprint density at radius 3 is 2.32 bits per heavy atom. The number of hydrogen-bond donors (Lipinski definition) is 1. The SMILES string of the molecule is Cc1cccc(OCCCC(=O)Nc2cccc(N3C(=O)c4ccccc4C3=O)c2)c1. The first-order valence-electron chi connectivity index (χ1n) is 10.1. The fourth-order valence-electron chi connectivity index (χ4n) is 3.50. The van der Waals surface area contributed by atoms with Crippen LogP contribution >= 0.6 is 0 Å². The van der Waals surface area contributed by atoms with Crippen LogP contribution in [0.2, 0.25) is 0 Å². The van der Waals surface area contributed by atoms with Crippen LogP contribution in [0.3, 0.4) is 0 Å². The number of benzene rings is 3. The van der Waals surface area contributed by atoms with Crippen molar-refractivity contribution in [1.29, 1.82) is 0 Å². The first-order chi connectivity index (χ1) is 15.0. The zero-order valence-electron chi connectivity index (χ0n) is 17.1. The highest BCUT2D eigenvalue weighted by Crippen LogP contribution is 2.29. The number of ether oxygens (including phenoxy) is 1. The molecular formula is C25H22N2O4. The maximum absolute atomic E-state index is 12.7. The highest BCUT2D eigenvalue weighted by molar-refractivity contribution is 6.34. The minimum atomic E-state index is -0.364. The lowest BCUT2D eigenvalue weighted by molar-refractivity contribution is -0.116. The molecule has 0 saturated heterocycles. The molecule has 0 bridgehead atoms. The number of carbonyl (C=O) groups excluding carboxylic acids is 3. The van der Waals surface area contributed by atoms with Gasteiger partial charge in [0.15, 0.2) is 0 Å². The van der Waals surface area contributed by atoms with Crippen molar-refractivity contribution >= 4 is 29.1 Å². The Kier molecular flexibility index (Phi) is 5.80. The summed E-state index contributed by atoms with van der Waals surface area (Å²) < 4.78 is 5.67. The van der Waals surface area contributed by atoms with E-state index in [9.17, 15) is 14.4 Å². The predicted molar refractivity (Wildman–Crippen MR) is 119 cm³/mol. The number of nitrogens with zero attached hydrogens (tertiary/aromatic N) is 1. The number of anilines is 2. The molecule has 0 aliphatic carbocycles. The van der Waals surface area contributed by atoms with Crippen LogP contribution in [-0.2, 0) is 4.79 Å². The molecule has 0 saturated carbocycles. The molecule has 1 N–H and O–H groups in total. The number of rotatable bonds is 7. The van der Waals surface area contributed by atoms with Gasteiger partial charge in [-0.3, -0.25) is 14.4 Å². The van der Waals surface area contributed by atoms with E-state index in [4.69, 9.17) is 4.74 Å². The molecule has 3 aromatic carbocycles. The molecule has 6 nitrogen and oxygen atoms in total. The maximum Gasteiger partial charge on any atom is 0.266 e. The average molecular weight is 414 g/mol. The van der Waals surface area contributed by atoms with Crippen LogP contribution in [0.4, 0.5) is 11.4 Å². The van der Waals surface area contributed by atoms with Crippen LogP contribution in [0.5, 0.6) is 5.75 Å². The summed E-state index contributed by atoms with van der Waals surface area (Å²) in [5.74, 6) is -0.101. The van der Waals surface area contributed by atoms with Gasteiger partial charge in [0.25, 0.3) is 11.8 Å². The third-order valence-corrected chi connectivity index (χ3v) is 4.99. The third-order valence-electron chi connectivity index (χ3n) is 4.99. The lowest BCUT2D eigenvalue weighted by Crippen LogP contribution is -2.29. The van der Waals surface area contributed by atoms with Gasteiger partial charge in [-0.1, -0.05) is 30.3 Å². The molecule has 4 rings (SSSR count). The van der Waals surface area contributed by atoms with Crippen LogP contribution in [0.25, 0.3) is 0 Å². The third kappa shape index (κ3) is 4.48. The topological polar surface area (TPSA) is 75.7 Å². The van der Waals surface area contributed by atoms with Gasteiger partial charge in [-0.05, 0) is 61.4 Å². The molecule has 156 valence electrons. The molecule has 0 unspecified atom stereocenters. The summed E-state index contributed by atoms with van der Waals surface area (Å²) >= 11 is 0. The summed E-state index contributed by atoms with van der Waals surface area (Å²) in [6.45, 7) is 2.43. The molecule has 31 heavy (non-hydrogen) atoms. The van der Waals surface area contributed by atoms with Crippen LogP contribution < -0.4 is 15.0 Å². The van der Waals surface area contributed by atoms with E-state index in [1.807, 2.05) is 31.2 Å². The van der Waals surface area contributed by atoms with E-state index in [-0.39, 0.29) is 17.7 Å². The number of amides is 3. The molecule has 1 heterocycles. The van der Waals surface area contributed by atoms with E-state index < -0.39 is 0 Å². The quantitative estimate of drug-likeness (QED) is 0.453. The van der Waals surface area contributed by atoms with Gasteiger partial charge in [0.05, 0.1) is 23.4 Å². The molecule has 3 aromatic rings. The highest BCUT2D eigenvalue weighted by Gasteiger charge is 2.36. The lowest BCUT2D eigenvalue weighted by Gasteiger charge is -2.15. The van der Waals surface area contributed by atoms with Gasteiger partial charge < -0.3 is 10.1 Å². The van der Waals surface area contributed by atoms with Crippen LogP contribution in [0.15, 0.2) is 72.8 Å². The molecule has 0 atom stereocenters. The first kappa shape index (κ1) is 20.3. The minimum Gasteiger partial charge on any atom is -0.494 e. The van der Waals surface area contributed by atoms with Crippen LogP contribution in [0, 0.1) is 6.92 Å². The normalized spacial score (nSPS) is 12.6. The monoisotopic (exact) mass is 414 g/mol. The fourth-order valence-corrected chi connectivity index (χ4v) is 3.50. The second kappa shape index (κ2) is 8.83. The molecule has 1 aliphatic rings. The van der Waals surface area contributed by atoms with Gasteiger partial charge in [-0.25, -0.2) is 4.90 Å². The van der Waals surface area contributed by atoms with Crippen molar-refractivity contribution in [3.05, 3.63) is 89.5 Å². The zero-order chi connectivity index (χ0) is 21.8. The lowest BCUT2D eigenvalue weighted by atomic mass is 10.1. The second-order valence-corrected chi connectivity index (χ2v) is 7.36. The number of aryl methyl sites for hydroxylation is 1. The van der Waals surface area contributed by atoms with Crippen molar-refractivity contribution in [1.82, 2.24) is 0 Å². The minimum absolute atomic E-state index is 0.160. The van der Waals surface area contributed by atoms with Crippen LogP contribution in [-0.4, -0.2) is 24.3 Å². The van der Waals surface area contributed by atoms with E-state index in [0.717, 1.165) is 16.2 Å². The van der Waals surface area contributed by atoms with E-state index in [1.165, 1.54) is 0 Å². The Labute approximate surface area is 180 Å². The van der Waals surface area contributed by atoms with Crippen molar-refractivity contribution < 1.29 is 19.1 Å². The molecule has 6 heteroatoms. The van der Waals surface area contributed by atoms with Gasteiger partial charge in [-0.15, -0.1) is 0 Å². The summed E-state index contributed by atoms with van der Waals surface area (Å²) in [7, 11) is 0. The molecule has 0 aromatic heterocycles. The standard InChI is InChI=1S/C25H22N2O4/c1-17-7-4-10-20(15-17)31-14-6-13-23(28)26-18-8-5-9-19(16-18)27-24(29)21-11-2-3-12-22(21)25(27)30/h2-5,7-12,15-16H,6,13-14H2,1H3,(H,26,28). The fraction of sp³-hybridized carbons (Fsp3) is 0.160. The summed E-state index contributed by atoms with van der Waals surface area (Å²) in [6, 6.07) is 21.2. The summed E-state index contributed by atoms with van der Waals surface area (Å²) in [5, 5.41) is 2.82. The van der Waals surface area contributed by atoms with Gasteiger partial charge in [0.2, 0.25) is 5.91 Å². The number of imide groups is 1. The predicted octanol–water partition coefficient (Wildman–Crippen LogP) is 4.59. The largest absolute Gasteiger partial charge is 0.494 e. The van der Waals surface area contributed by atoms with Gasteiger partial charge in [-0.2, -0.15) is 0 Å². The molecule has 3 amide bonds. The summed E-state index contributed by atoms with van der Waals surface area (Å²) in [6.07, 6.45) is 0.862. The Balaban J connectivity index is 1.34. The highest BCUT2D eigenvalue weighted by atomic mass is 16.5. The van der Waals surface area contributed by atoms with Crippen molar-refractivity contribution in [2.24, 2.45) is 0 Å². The van der Waals surface area contributed by atoms with E-state index in [0.29, 0.717) is 42.0 Å². The zero-order valence-corrected chi connectivity index (χ0v) is 17.1. The van der Waals surface area contributed by atoms with Crippen molar-refractivity contribution in [2.45, 2.75) is 19.8 Å². The first-order valence-corrected chi connectivity index (χ1v) is 10.1. The number of carbonyl (C=O) groups is 3. The average Bonchev–Trinajstić information content (AvgIpc) is 3.02. The van der Waals surface area contributed by atoms with Gasteiger partial charge >= 0.3 is 0 Å². The van der Waals surface area contributed by atoms with E-state index in [1.54, 1.807) is 48.5 Å². The molecule has 0 fully saturated rings. The summed E-state index contributed by atoms with van der Waals surface area (Å²) in [4.78, 5) is 38.8. The molecular weight excluding hydrogens is 392 g/mol. The van der Waals surface area contributed by atoms with Crippen LogP contribution in [0.1, 0.15) is 39.1 Å². The molecule has 0 spiro atoms. The molecule has 0 radical (unpaired) electrons. The maximum atomic E-state index is 12.7. The Morgan fingerprint density at radius 2 is 1.61 bits per heavy atom. The number of hydrogen-bond acceptors (Lipinski definition) is 4. The van der Waals surface area contributed by atoms with E-state index >= 15 is 0 Å². The van der Waals surface area contributed by atoms with E-state index in [2.05, 4.69) is 5.32 Å². The Morgan fingerprint density at radius 1 is 0.903 bits per heavy atom. The number of fused-ring (bicyclic) bond motifs is 1. The van der Waals surface area contributed by atoms with Gasteiger partial charge in [0, 0.05) is 12.1 Å². The van der Waals surface area contributed by atoms with Crippen molar-refractivity contribution in [3.8, 4) is 5.75 Å². The van der Waals surface area contributed by atoms with Crippen molar-refractivity contribution in [2.75, 3.05) is 16.8 Å². The second-order valence-electron chi connectivity index (χ2n) is 7.36. The summed E-state index contributed by atoms with van der Waals surface area (Å²) in [5.41, 5.74) is 2.84. The smallest absolute Gasteiger partial charge is 0.266 e. The number of nitrogens with one attached hydrogen (secondary N) is 1. The Bertz CT molecular complexity index is 1120. The van der Waals surface area contributed by atoms with Crippen molar-refractivity contribution in [3.63, 3.8) is 0 Å². The molecule has 1 aliphatic heterocycles. The van der Waals surface area contributed by atoms with Gasteiger partial charge in [0.1, 0.15) is 5.75 Å².